The summed E-state index contributed by atoms with van der Waals surface area (Å²) in [5.41, 5.74) is 4.06. The Hall–Kier alpha value is -2.62. The van der Waals surface area contributed by atoms with Gasteiger partial charge >= 0.3 is 0 Å². The van der Waals surface area contributed by atoms with Crippen molar-refractivity contribution in [1.82, 2.24) is 10.2 Å². The van der Waals surface area contributed by atoms with Crippen LogP contribution in [0.4, 0.5) is 0 Å². The largest absolute Gasteiger partial charge is 0.350 e. The average molecular weight is 395 g/mol. The van der Waals surface area contributed by atoms with E-state index in [1.807, 2.05) is 77.9 Å². The molecular formula is C25H34N2O2. The first-order valence-electron chi connectivity index (χ1n) is 10.3. The highest BCUT2D eigenvalue weighted by molar-refractivity contribution is 5.88. The van der Waals surface area contributed by atoms with E-state index in [-0.39, 0.29) is 17.4 Å². The Morgan fingerprint density at radius 3 is 2.31 bits per heavy atom. The summed E-state index contributed by atoms with van der Waals surface area (Å²) in [6, 6.07) is 15.7. The normalized spacial score (nSPS) is 12.3. The van der Waals surface area contributed by atoms with Crippen LogP contribution < -0.4 is 5.32 Å². The monoisotopic (exact) mass is 394 g/mol. The molecule has 4 heteroatoms. The molecule has 0 radical (unpaired) electrons. The molecule has 0 spiro atoms. The second-order valence-corrected chi connectivity index (χ2v) is 8.84. The molecule has 0 heterocycles. The number of nitrogens with zero attached hydrogens (tertiary/aromatic N) is 1. The number of nitrogens with one attached hydrogen (secondary N) is 1. The van der Waals surface area contributed by atoms with Gasteiger partial charge in [0, 0.05) is 12.1 Å². The number of carbonyl (C=O) groups is 2. The zero-order chi connectivity index (χ0) is 21.6. The van der Waals surface area contributed by atoms with Gasteiger partial charge in [-0.25, -0.2) is 0 Å². The van der Waals surface area contributed by atoms with E-state index in [1.165, 1.54) is 0 Å². The standard InChI is InChI=1S/C25H34N2O2/c1-18-12-13-19(2)22(16-18)17-23(28)27(15-14-21-10-8-7-9-11-21)20(3)24(29)26-25(4,5)6/h7-13,16,20H,14-15,17H2,1-6H3,(H,26,29)/t20-/m1/s1. The summed E-state index contributed by atoms with van der Waals surface area (Å²) in [7, 11) is 0. The minimum atomic E-state index is -0.532. The number of carbonyl (C=O) groups excluding carboxylic acids is 2. The molecule has 0 unspecified atom stereocenters. The van der Waals surface area contributed by atoms with Gasteiger partial charge < -0.3 is 10.2 Å². The van der Waals surface area contributed by atoms with Gasteiger partial charge in [0.05, 0.1) is 6.42 Å². The van der Waals surface area contributed by atoms with Gasteiger partial charge in [0.25, 0.3) is 0 Å². The van der Waals surface area contributed by atoms with Crippen molar-refractivity contribution in [1.29, 1.82) is 0 Å². The van der Waals surface area contributed by atoms with Gasteiger partial charge in [-0.15, -0.1) is 0 Å². The van der Waals surface area contributed by atoms with Crippen LogP contribution in [0.3, 0.4) is 0 Å². The lowest BCUT2D eigenvalue weighted by Gasteiger charge is -2.31. The highest BCUT2D eigenvalue weighted by Gasteiger charge is 2.28. The van der Waals surface area contributed by atoms with Crippen molar-refractivity contribution in [3.63, 3.8) is 0 Å². The van der Waals surface area contributed by atoms with Crippen LogP contribution in [-0.2, 0) is 22.4 Å². The third-order valence-electron chi connectivity index (χ3n) is 5.00. The van der Waals surface area contributed by atoms with Gasteiger partial charge in [-0.2, -0.15) is 0 Å². The Kier molecular flexibility index (Phi) is 7.60. The number of aryl methyl sites for hydroxylation is 2. The van der Waals surface area contributed by atoms with Gasteiger partial charge in [0.1, 0.15) is 6.04 Å². The highest BCUT2D eigenvalue weighted by Crippen LogP contribution is 2.15. The fourth-order valence-electron chi connectivity index (χ4n) is 3.30. The van der Waals surface area contributed by atoms with Crippen molar-refractivity contribution < 1.29 is 9.59 Å². The maximum absolute atomic E-state index is 13.3. The first-order valence-corrected chi connectivity index (χ1v) is 10.3. The molecule has 0 saturated heterocycles. The highest BCUT2D eigenvalue weighted by atomic mass is 16.2. The summed E-state index contributed by atoms with van der Waals surface area (Å²) in [4.78, 5) is 27.8. The Labute approximate surface area is 175 Å². The van der Waals surface area contributed by atoms with Crippen LogP contribution in [0.2, 0.25) is 0 Å². The van der Waals surface area contributed by atoms with Gasteiger partial charge in [-0.1, -0.05) is 54.1 Å². The molecule has 0 aliphatic heterocycles. The second kappa shape index (κ2) is 9.73. The molecule has 29 heavy (non-hydrogen) atoms. The van der Waals surface area contributed by atoms with Gasteiger partial charge in [-0.3, -0.25) is 9.59 Å². The molecule has 0 aliphatic rings. The molecule has 2 amide bonds. The smallest absolute Gasteiger partial charge is 0.242 e. The molecule has 1 N–H and O–H groups in total. The average Bonchev–Trinajstić information content (AvgIpc) is 2.64. The summed E-state index contributed by atoms with van der Waals surface area (Å²) in [6.07, 6.45) is 1.02. The maximum Gasteiger partial charge on any atom is 0.242 e. The van der Waals surface area contributed by atoms with Crippen molar-refractivity contribution >= 4 is 11.8 Å². The van der Waals surface area contributed by atoms with Crippen LogP contribution in [-0.4, -0.2) is 34.8 Å². The predicted octanol–water partition coefficient (Wildman–Crippen LogP) is 4.22. The molecule has 156 valence electrons. The van der Waals surface area contributed by atoms with Crippen molar-refractivity contribution in [2.45, 2.75) is 66.0 Å². The molecule has 0 aromatic heterocycles. The first kappa shape index (κ1) is 22.7. The van der Waals surface area contributed by atoms with E-state index in [1.54, 1.807) is 4.90 Å². The third kappa shape index (κ3) is 7.04. The van der Waals surface area contributed by atoms with Gasteiger partial charge in [0.15, 0.2) is 0 Å². The Morgan fingerprint density at radius 2 is 1.69 bits per heavy atom. The van der Waals surface area contributed by atoms with Crippen molar-refractivity contribution in [2.24, 2.45) is 0 Å². The molecule has 2 rings (SSSR count). The zero-order valence-electron chi connectivity index (χ0n) is 18.6. The summed E-state index contributed by atoms with van der Waals surface area (Å²) in [5, 5.41) is 3.00. The molecule has 0 saturated carbocycles. The van der Waals surface area contributed by atoms with Gasteiger partial charge in [-0.05, 0) is 64.7 Å². The molecular weight excluding hydrogens is 360 g/mol. The summed E-state index contributed by atoms with van der Waals surface area (Å²) >= 11 is 0. The van der Waals surface area contributed by atoms with E-state index in [9.17, 15) is 9.59 Å². The minimum absolute atomic E-state index is 0.0220. The van der Waals surface area contributed by atoms with Crippen molar-refractivity contribution in [3.05, 3.63) is 70.8 Å². The van der Waals surface area contributed by atoms with E-state index >= 15 is 0 Å². The fourth-order valence-corrected chi connectivity index (χ4v) is 3.30. The van der Waals surface area contributed by atoms with Crippen LogP contribution in [0.5, 0.6) is 0 Å². The molecule has 2 aromatic rings. The third-order valence-corrected chi connectivity index (χ3v) is 5.00. The van der Waals surface area contributed by atoms with Crippen molar-refractivity contribution in [3.8, 4) is 0 Å². The quantitative estimate of drug-likeness (QED) is 0.764. The zero-order valence-corrected chi connectivity index (χ0v) is 18.6. The van der Waals surface area contributed by atoms with Crippen LogP contribution in [0.15, 0.2) is 48.5 Å². The molecule has 0 bridgehead atoms. The van der Waals surface area contributed by atoms with E-state index in [0.29, 0.717) is 19.4 Å². The van der Waals surface area contributed by atoms with Crippen LogP contribution >= 0.6 is 0 Å². The van der Waals surface area contributed by atoms with E-state index in [2.05, 4.69) is 17.4 Å². The van der Waals surface area contributed by atoms with E-state index in [4.69, 9.17) is 0 Å². The van der Waals surface area contributed by atoms with Gasteiger partial charge in [0.2, 0.25) is 11.8 Å². The van der Waals surface area contributed by atoms with Crippen LogP contribution in [0, 0.1) is 13.8 Å². The molecule has 0 aliphatic carbocycles. The van der Waals surface area contributed by atoms with Crippen LogP contribution in [0.25, 0.3) is 0 Å². The number of amides is 2. The Bertz CT molecular complexity index is 838. The predicted molar refractivity (Wildman–Crippen MR) is 119 cm³/mol. The summed E-state index contributed by atoms with van der Waals surface area (Å²) in [5.74, 6) is -0.147. The van der Waals surface area contributed by atoms with Crippen LogP contribution in [0.1, 0.15) is 49.9 Å². The van der Waals surface area contributed by atoms with Crippen molar-refractivity contribution in [2.75, 3.05) is 6.54 Å². The molecule has 0 fully saturated rings. The lowest BCUT2D eigenvalue weighted by Crippen LogP contribution is -2.53. The van der Waals surface area contributed by atoms with E-state index in [0.717, 1.165) is 22.3 Å². The Morgan fingerprint density at radius 1 is 1.03 bits per heavy atom. The number of benzene rings is 2. The number of hydrogen-bond acceptors (Lipinski definition) is 2. The lowest BCUT2D eigenvalue weighted by atomic mass is 10.0. The fraction of sp³-hybridized carbons (Fsp3) is 0.440. The topological polar surface area (TPSA) is 49.4 Å². The SMILES string of the molecule is Cc1ccc(C)c(CC(=O)N(CCc2ccccc2)[C@H](C)C(=O)NC(C)(C)C)c1. The first-order chi connectivity index (χ1) is 13.6. The summed E-state index contributed by atoms with van der Waals surface area (Å²) in [6.45, 7) is 12.2. The minimum Gasteiger partial charge on any atom is -0.350 e. The molecule has 1 atom stereocenters. The summed E-state index contributed by atoms with van der Waals surface area (Å²) < 4.78 is 0. The molecule has 4 nitrogen and oxygen atoms in total. The number of hydrogen-bond donors (Lipinski definition) is 1. The van der Waals surface area contributed by atoms with E-state index < -0.39 is 6.04 Å². The number of rotatable bonds is 7. The molecule has 2 aromatic carbocycles. The Balaban J connectivity index is 2.21. The lowest BCUT2D eigenvalue weighted by molar-refractivity contribution is -0.140. The second-order valence-electron chi connectivity index (χ2n) is 8.84. The maximum atomic E-state index is 13.3.